The van der Waals surface area contributed by atoms with Crippen molar-refractivity contribution in [3.05, 3.63) is 101 Å². The van der Waals surface area contributed by atoms with Gasteiger partial charge in [0.15, 0.2) is 0 Å². The highest BCUT2D eigenvalue weighted by Gasteiger charge is 2.56. The number of rotatable bonds is 6. The van der Waals surface area contributed by atoms with Crippen LogP contribution in [0.3, 0.4) is 0 Å². The number of carbonyl (C=O) groups excluding carboxylic acids is 1. The van der Waals surface area contributed by atoms with Crippen LogP contribution in [0.5, 0.6) is 0 Å². The quantitative estimate of drug-likeness (QED) is 0.514. The Kier molecular flexibility index (Phi) is 6.19. The summed E-state index contributed by atoms with van der Waals surface area (Å²) in [5.74, 6) is -0.726. The number of sulfonamides is 1. The second kappa shape index (κ2) is 8.92. The SMILES string of the molecule is CCOC(=O)C1(c2ccc(C)cc2)N=C(c2ccccc2)CN1S(=O)(=O)c1ccc(C)cc1. The molecule has 0 N–H and O–H groups in total. The van der Waals surface area contributed by atoms with Gasteiger partial charge < -0.3 is 4.74 Å². The van der Waals surface area contributed by atoms with Crippen LogP contribution in [0.2, 0.25) is 0 Å². The van der Waals surface area contributed by atoms with Crippen molar-refractivity contribution in [2.45, 2.75) is 31.3 Å². The zero-order valence-electron chi connectivity index (χ0n) is 18.9. The Morgan fingerprint density at radius 3 is 2.09 bits per heavy atom. The predicted octanol–water partition coefficient (Wildman–Crippen LogP) is 4.21. The van der Waals surface area contributed by atoms with E-state index in [9.17, 15) is 13.2 Å². The molecule has 0 aromatic heterocycles. The van der Waals surface area contributed by atoms with Gasteiger partial charge in [-0.1, -0.05) is 77.9 Å². The number of hydrogen-bond donors (Lipinski definition) is 0. The molecule has 1 heterocycles. The van der Waals surface area contributed by atoms with Gasteiger partial charge in [0.25, 0.3) is 5.66 Å². The third-order valence-electron chi connectivity index (χ3n) is 5.68. The van der Waals surface area contributed by atoms with E-state index in [0.717, 1.165) is 21.0 Å². The zero-order chi connectivity index (χ0) is 23.6. The standard InChI is InChI=1S/C26H26N2O4S/c1-4-32-25(29)26(22-14-10-19(2)11-15-22)27-24(21-8-6-5-7-9-21)18-28(26)33(30,31)23-16-12-20(3)13-17-23/h5-17H,4,18H2,1-3H3. The number of ether oxygens (including phenoxy) is 1. The summed E-state index contributed by atoms with van der Waals surface area (Å²) in [6.07, 6.45) is 0. The van der Waals surface area contributed by atoms with Crippen molar-refractivity contribution in [1.82, 2.24) is 4.31 Å². The first-order valence-electron chi connectivity index (χ1n) is 10.8. The average Bonchev–Trinajstić information content (AvgIpc) is 3.23. The van der Waals surface area contributed by atoms with E-state index in [1.807, 2.05) is 56.3 Å². The third kappa shape index (κ3) is 4.10. The van der Waals surface area contributed by atoms with Crippen LogP contribution in [0.15, 0.2) is 88.8 Å². The van der Waals surface area contributed by atoms with Crippen LogP contribution >= 0.6 is 0 Å². The van der Waals surface area contributed by atoms with E-state index in [1.54, 1.807) is 43.3 Å². The minimum absolute atomic E-state index is 0.0626. The number of esters is 1. The monoisotopic (exact) mass is 462 g/mol. The molecule has 0 spiro atoms. The molecule has 0 saturated heterocycles. The lowest BCUT2D eigenvalue weighted by Crippen LogP contribution is -2.51. The largest absolute Gasteiger partial charge is 0.463 e. The van der Waals surface area contributed by atoms with E-state index in [1.165, 1.54) is 0 Å². The van der Waals surface area contributed by atoms with E-state index in [0.29, 0.717) is 11.3 Å². The molecule has 4 rings (SSSR count). The zero-order valence-corrected chi connectivity index (χ0v) is 19.7. The molecule has 0 radical (unpaired) electrons. The van der Waals surface area contributed by atoms with Gasteiger partial charge in [-0.2, -0.15) is 4.31 Å². The van der Waals surface area contributed by atoms with Gasteiger partial charge in [-0.3, -0.25) is 0 Å². The molecular formula is C26H26N2O4S. The molecule has 1 aliphatic heterocycles. The van der Waals surface area contributed by atoms with E-state index in [-0.39, 0.29) is 18.0 Å². The molecular weight excluding hydrogens is 436 g/mol. The molecule has 0 saturated carbocycles. The Bertz CT molecular complexity index is 1280. The topological polar surface area (TPSA) is 76.0 Å². The van der Waals surface area contributed by atoms with Crippen LogP contribution in [0.1, 0.15) is 29.2 Å². The van der Waals surface area contributed by atoms with Gasteiger partial charge in [0.2, 0.25) is 10.0 Å². The van der Waals surface area contributed by atoms with Crippen LogP contribution < -0.4 is 0 Å². The maximum atomic E-state index is 13.9. The predicted molar refractivity (Wildman–Crippen MR) is 128 cm³/mol. The molecule has 3 aromatic rings. The first-order chi connectivity index (χ1) is 15.8. The minimum Gasteiger partial charge on any atom is -0.463 e. The van der Waals surface area contributed by atoms with Gasteiger partial charge in [-0.15, -0.1) is 0 Å². The van der Waals surface area contributed by atoms with Crippen molar-refractivity contribution in [3.8, 4) is 0 Å². The van der Waals surface area contributed by atoms with Gasteiger partial charge in [0.1, 0.15) is 0 Å². The van der Waals surface area contributed by atoms with Gasteiger partial charge in [0.05, 0.1) is 23.8 Å². The Hall–Kier alpha value is -3.29. The molecule has 3 aromatic carbocycles. The normalized spacial score (nSPS) is 18.7. The van der Waals surface area contributed by atoms with Crippen molar-refractivity contribution >= 4 is 21.7 Å². The lowest BCUT2D eigenvalue weighted by atomic mass is 9.99. The molecule has 1 unspecified atom stereocenters. The third-order valence-corrected chi connectivity index (χ3v) is 7.52. The lowest BCUT2D eigenvalue weighted by Gasteiger charge is -2.33. The molecule has 33 heavy (non-hydrogen) atoms. The highest BCUT2D eigenvalue weighted by atomic mass is 32.2. The molecule has 1 atom stereocenters. The fourth-order valence-corrected chi connectivity index (χ4v) is 5.51. The number of nitrogens with zero attached hydrogens (tertiary/aromatic N) is 2. The first kappa shape index (κ1) is 22.9. The summed E-state index contributed by atoms with van der Waals surface area (Å²) < 4.78 is 34.5. The summed E-state index contributed by atoms with van der Waals surface area (Å²) in [6, 6.07) is 23.0. The fourth-order valence-electron chi connectivity index (χ4n) is 3.91. The van der Waals surface area contributed by atoms with Crippen LogP contribution in [-0.4, -0.2) is 37.6 Å². The number of aliphatic imine (C=N–C) groups is 1. The van der Waals surface area contributed by atoms with Crippen molar-refractivity contribution in [3.63, 3.8) is 0 Å². The number of carbonyl (C=O) groups is 1. The second-order valence-electron chi connectivity index (χ2n) is 8.01. The van der Waals surface area contributed by atoms with Crippen LogP contribution in [0.25, 0.3) is 0 Å². The smallest absolute Gasteiger partial charge is 0.355 e. The average molecular weight is 463 g/mol. The van der Waals surface area contributed by atoms with Crippen molar-refractivity contribution < 1.29 is 17.9 Å². The molecule has 0 aliphatic carbocycles. The first-order valence-corrected chi connectivity index (χ1v) is 12.2. The maximum absolute atomic E-state index is 13.9. The summed E-state index contributed by atoms with van der Waals surface area (Å²) >= 11 is 0. The van der Waals surface area contributed by atoms with Gasteiger partial charge >= 0.3 is 5.97 Å². The molecule has 0 fully saturated rings. The highest BCUT2D eigenvalue weighted by Crippen LogP contribution is 2.41. The molecule has 1 aliphatic rings. The van der Waals surface area contributed by atoms with Crippen molar-refractivity contribution in [1.29, 1.82) is 0 Å². The second-order valence-corrected chi connectivity index (χ2v) is 9.87. The minimum atomic E-state index is -4.11. The number of aryl methyl sites for hydroxylation is 2. The Morgan fingerprint density at radius 2 is 1.52 bits per heavy atom. The van der Waals surface area contributed by atoms with Crippen LogP contribution in [0, 0.1) is 13.8 Å². The molecule has 0 amide bonds. The summed E-state index contributed by atoms with van der Waals surface area (Å²) in [5, 5.41) is 0. The summed E-state index contributed by atoms with van der Waals surface area (Å²) in [7, 11) is -4.11. The van der Waals surface area contributed by atoms with Crippen molar-refractivity contribution in [2.75, 3.05) is 13.2 Å². The Balaban J connectivity index is 1.97. The van der Waals surface area contributed by atoms with Gasteiger partial charge in [0, 0.05) is 5.56 Å². The fraction of sp³-hybridized carbons (Fsp3) is 0.231. The molecule has 0 bridgehead atoms. The summed E-state index contributed by atoms with van der Waals surface area (Å²) in [4.78, 5) is 18.4. The van der Waals surface area contributed by atoms with E-state index in [4.69, 9.17) is 9.73 Å². The van der Waals surface area contributed by atoms with E-state index >= 15 is 0 Å². The molecule has 7 heteroatoms. The van der Waals surface area contributed by atoms with E-state index in [2.05, 4.69) is 0 Å². The highest BCUT2D eigenvalue weighted by molar-refractivity contribution is 7.89. The van der Waals surface area contributed by atoms with Crippen molar-refractivity contribution in [2.24, 2.45) is 4.99 Å². The van der Waals surface area contributed by atoms with Crippen LogP contribution in [-0.2, 0) is 25.2 Å². The molecule has 6 nitrogen and oxygen atoms in total. The maximum Gasteiger partial charge on any atom is 0.355 e. The molecule has 170 valence electrons. The van der Waals surface area contributed by atoms with E-state index < -0.39 is 21.7 Å². The summed E-state index contributed by atoms with van der Waals surface area (Å²) in [6.45, 7) is 5.54. The summed E-state index contributed by atoms with van der Waals surface area (Å²) in [5.41, 5.74) is 1.74. The Labute approximate surface area is 194 Å². The number of benzene rings is 3. The van der Waals surface area contributed by atoms with Gasteiger partial charge in [-0.25, -0.2) is 18.2 Å². The Morgan fingerprint density at radius 1 is 0.939 bits per heavy atom. The van der Waals surface area contributed by atoms with Gasteiger partial charge in [-0.05, 0) is 38.5 Å². The van der Waals surface area contributed by atoms with Crippen LogP contribution in [0.4, 0.5) is 0 Å². The lowest BCUT2D eigenvalue weighted by molar-refractivity contribution is -0.154. The number of hydrogen-bond acceptors (Lipinski definition) is 5.